The van der Waals surface area contributed by atoms with Crippen LogP contribution in [0.3, 0.4) is 0 Å². The van der Waals surface area contributed by atoms with Gasteiger partial charge in [-0.1, -0.05) is 24.3 Å². The topological polar surface area (TPSA) is 25.2 Å². The molecule has 2 aromatic rings. The number of nitrogens with zero attached hydrogens (tertiary/aromatic N) is 2. The molecule has 1 aromatic heterocycles. The summed E-state index contributed by atoms with van der Waals surface area (Å²) >= 11 is 0. The fourth-order valence-electron chi connectivity index (χ4n) is 3.37. The van der Waals surface area contributed by atoms with E-state index in [2.05, 4.69) is 47.6 Å². The molecule has 1 aliphatic heterocycles. The van der Waals surface area contributed by atoms with Gasteiger partial charge >= 0.3 is 0 Å². The Morgan fingerprint density at radius 3 is 2.29 bits per heavy atom. The normalized spacial score (nSPS) is 14.4. The highest BCUT2D eigenvalue weighted by molar-refractivity contribution is 5.99. The van der Waals surface area contributed by atoms with E-state index in [0.29, 0.717) is 6.54 Å². The van der Waals surface area contributed by atoms with Crippen LogP contribution in [0.15, 0.2) is 30.3 Å². The number of hydrogen-bond donors (Lipinski definition) is 0. The van der Waals surface area contributed by atoms with Gasteiger partial charge in [0, 0.05) is 36.6 Å². The van der Waals surface area contributed by atoms with Crippen molar-refractivity contribution in [1.29, 1.82) is 0 Å². The molecule has 0 amide bonds. The summed E-state index contributed by atoms with van der Waals surface area (Å²) in [6, 6.07) is 10.5. The molecule has 1 aliphatic rings. The maximum Gasteiger partial charge on any atom is 0.178 e. The summed E-state index contributed by atoms with van der Waals surface area (Å²) in [7, 11) is 0. The quantitative estimate of drug-likeness (QED) is 0.804. The van der Waals surface area contributed by atoms with Crippen LogP contribution in [-0.2, 0) is 19.6 Å². The third-order valence-corrected chi connectivity index (χ3v) is 4.46. The summed E-state index contributed by atoms with van der Waals surface area (Å²) in [6.07, 6.45) is 0. The SMILES string of the molecule is CCn1c(C)cc(C(=O)CN2Cc3ccccc3C2)c1C. The van der Waals surface area contributed by atoms with Gasteiger partial charge < -0.3 is 4.57 Å². The molecule has 0 bridgehead atoms. The Hall–Kier alpha value is -1.87. The van der Waals surface area contributed by atoms with Crippen molar-refractivity contribution in [3.05, 3.63) is 58.4 Å². The molecule has 3 rings (SSSR count). The van der Waals surface area contributed by atoms with E-state index in [4.69, 9.17) is 0 Å². The molecule has 0 aliphatic carbocycles. The number of ketones is 1. The fourth-order valence-corrected chi connectivity index (χ4v) is 3.37. The maximum absolute atomic E-state index is 12.6. The number of carbonyl (C=O) groups excluding carboxylic acids is 1. The number of rotatable bonds is 4. The highest BCUT2D eigenvalue weighted by Crippen LogP contribution is 2.23. The smallest absolute Gasteiger partial charge is 0.178 e. The zero-order valence-electron chi connectivity index (χ0n) is 13.0. The molecular formula is C18H22N2O. The molecule has 3 nitrogen and oxygen atoms in total. The van der Waals surface area contributed by atoms with Gasteiger partial charge in [0.25, 0.3) is 0 Å². The summed E-state index contributed by atoms with van der Waals surface area (Å²) in [4.78, 5) is 14.8. The summed E-state index contributed by atoms with van der Waals surface area (Å²) < 4.78 is 2.20. The molecule has 0 saturated heterocycles. The van der Waals surface area contributed by atoms with Crippen molar-refractivity contribution in [3.63, 3.8) is 0 Å². The van der Waals surface area contributed by atoms with Crippen molar-refractivity contribution in [2.24, 2.45) is 0 Å². The Morgan fingerprint density at radius 1 is 1.14 bits per heavy atom. The monoisotopic (exact) mass is 282 g/mol. The van der Waals surface area contributed by atoms with Gasteiger partial charge in [0.1, 0.15) is 0 Å². The number of fused-ring (bicyclic) bond motifs is 1. The summed E-state index contributed by atoms with van der Waals surface area (Å²) in [6.45, 7) is 9.42. The maximum atomic E-state index is 12.6. The highest BCUT2D eigenvalue weighted by Gasteiger charge is 2.22. The van der Waals surface area contributed by atoms with E-state index in [-0.39, 0.29) is 5.78 Å². The average Bonchev–Trinajstić information content (AvgIpc) is 2.99. The van der Waals surface area contributed by atoms with Crippen LogP contribution in [0.1, 0.15) is 39.8 Å². The summed E-state index contributed by atoms with van der Waals surface area (Å²) in [5.41, 5.74) is 5.85. The number of carbonyl (C=O) groups is 1. The van der Waals surface area contributed by atoms with Crippen LogP contribution in [-0.4, -0.2) is 21.8 Å². The van der Waals surface area contributed by atoms with Crippen molar-refractivity contribution in [1.82, 2.24) is 9.47 Å². The Balaban J connectivity index is 1.74. The number of aromatic nitrogens is 1. The summed E-state index contributed by atoms with van der Waals surface area (Å²) in [5.74, 6) is 0.232. The molecule has 0 fully saturated rings. The van der Waals surface area contributed by atoms with E-state index in [1.165, 1.54) is 16.8 Å². The van der Waals surface area contributed by atoms with E-state index in [1.807, 2.05) is 13.0 Å². The van der Waals surface area contributed by atoms with E-state index in [1.54, 1.807) is 0 Å². The third-order valence-electron chi connectivity index (χ3n) is 4.46. The molecular weight excluding hydrogens is 260 g/mol. The second-order valence-electron chi connectivity index (χ2n) is 5.87. The van der Waals surface area contributed by atoms with Crippen LogP contribution in [0.25, 0.3) is 0 Å². The van der Waals surface area contributed by atoms with Gasteiger partial charge in [0.05, 0.1) is 6.54 Å². The van der Waals surface area contributed by atoms with Crippen LogP contribution in [0.4, 0.5) is 0 Å². The predicted octanol–water partition coefficient (Wildman–Crippen LogP) is 3.32. The first-order chi connectivity index (χ1) is 10.1. The molecule has 1 aromatic carbocycles. The van der Waals surface area contributed by atoms with Crippen molar-refractivity contribution in [3.8, 4) is 0 Å². The van der Waals surface area contributed by atoms with Gasteiger partial charge in [0.15, 0.2) is 5.78 Å². The molecule has 0 spiro atoms. The van der Waals surface area contributed by atoms with Crippen LogP contribution in [0.5, 0.6) is 0 Å². The first-order valence-corrected chi connectivity index (χ1v) is 7.59. The van der Waals surface area contributed by atoms with Gasteiger partial charge in [-0.3, -0.25) is 9.69 Å². The van der Waals surface area contributed by atoms with Gasteiger partial charge in [-0.2, -0.15) is 0 Å². The Labute approximate surface area is 126 Å². The van der Waals surface area contributed by atoms with Gasteiger partial charge in [-0.15, -0.1) is 0 Å². The number of aryl methyl sites for hydroxylation is 1. The van der Waals surface area contributed by atoms with E-state index >= 15 is 0 Å². The number of Topliss-reactive ketones (excluding diaryl/α,β-unsaturated/α-hetero) is 1. The van der Waals surface area contributed by atoms with Crippen LogP contribution < -0.4 is 0 Å². The number of benzene rings is 1. The minimum atomic E-state index is 0.232. The van der Waals surface area contributed by atoms with Crippen molar-refractivity contribution >= 4 is 5.78 Å². The van der Waals surface area contributed by atoms with Crippen LogP contribution in [0, 0.1) is 13.8 Å². The average molecular weight is 282 g/mol. The van der Waals surface area contributed by atoms with Crippen LogP contribution >= 0.6 is 0 Å². The van der Waals surface area contributed by atoms with Crippen molar-refractivity contribution in [2.45, 2.75) is 40.4 Å². The zero-order chi connectivity index (χ0) is 15.0. The Morgan fingerprint density at radius 2 is 1.76 bits per heavy atom. The minimum absolute atomic E-state index is 0.232. The molecule has 110 valence electrons. The molecule has 3 heteroatoms. The van der Waals surface area contributed by atoms with Gasteiger partial charge in [0.2, 0.25) is 0 Å². The van der Waals surface area contributed by atoms with E-state index in [9.17, 15) is 4.79 Å². The molecule has 0 radical (unpaired) electrons. The fraction of sp³-hybridized carbons (Fsp3) is 0.389. The molecule has 2 heterocycles. The Kier molecular flexibility index (Phi) is 3.68. The third kappa shape index (κ3) is 2.54. The van der Waals surface area contributed by atoms with Gasteiger partial charge in [-0.25, -0.2) is 0 Å². The standard InChI is InChI=1S/C18H22N2O/c1-4-20-13(2)9-17(14(20)3)18(21)12-19-10-15-7-5-6-8-16(15)11-19/h5-9H,4,10-12H2,1-3H3. The summed E-state index contributed by atoms with van der Waals surface area (Å²) in [5, 5.41) is 0. The van der Waals surface area contributed by atoms with Crippen LogP contribution in [0.2, 0.25) is 0 Å². The first kappa shape index (κ1) is 14.1. The largest absolute Gasteiger partial charge is 0.349 e. The first-order valence-electron chi connectivity index (χ1n) is 7.59. The lowest BCUT2D eigenvalue weighted by Crippen LogP contribution is -2.25. The minimum Gasteiger partial charge on any atom is -0.349 e. The molecule has 0 saturated carbocycles. The van der Waals surface area contributed by atoms with E-state index < -0.39 is 0 Å². The highest BCUT2D eigenvalue weighted by atomic mass is 16.1. The van der Waals surface area contributed by atoms with Crippen molar-refractivity contribution < 1.29 is 4.79 Å². The lowest BCUT2D eigenvalue weighted by Gasteiger charge is -2.13. The molecule has 0 unspecified atom stereocenters. The zero-order valence-corrected chi connectivity index (χ0v) is 13.0. The molecule has 0 N–H and O–H groups in total. The molecule has 0 atom stereocenters. The lowest BCUT2D eigenvalue weighted by molar-refractivity contribution is 0.0929. The second-order valence-corrected chi connectivity index (χ2v) is 5.87. The predicted molar refractivity (Wildman–Crippen MR) is 84.5 cm³/mol. The molecule has 21 heavy (non-hydrogen) atoms. The lowest BCUT2D eigenvalue weighted by atomic mass is 10.1. The van der Waals surface area contributed by atoms with Crippen molar-refractivity contribution in [2.75, 3.05) is 6.54 Å². The number of hydrogen-bond acceptors (Lipinski definition) is 2. The van der Waals surface area contributed by atoms with Gasteiger partial charge in [-0.05, 0) is 38.0 Å². The second kappa shape index (κ2) is 5.49. The van der Waals surface area contributed by atoms with E-state index in [0.717, 1.165) is 30.9 Å². The Bertz CT molecular complexity index is 660.